The first kappa shape index (κ1) is 26.3. The number of hydrogen-bond acceptors (Lipinski definition) is 5. The van der Waals surface area contributed by atoms with Crippen molar-refractivity contribution in [1.29, 1.82) is 0 Å². The average Bonchev–Trinajstić information content (AvgIpc) is 3.56. The van der Waals surface area contributed by atoms with Crippen LogP contribution in [0.3, 0.4) is 0 Å². The summed E-state index contributed by atoms with van der Waals surface area (Å²) < 4.78 is 1.48. The topological polar surface area (TPSA) is 113 Å². The molecule has 4 aliphatic rings. The van der Waals surface area contributed by atoms with Crippen LogP contribution >= 0.6 is 11.6 Å². The van der Waals surface area contributed by atoms with E-state index < -0.39 is 11.9 Å². The molecule has 1 aromatic heterocycles. The number of carboxylic acids is 1. The molecule has 1 saturated heterocycles. The smallest absolute Gasteiger partial charge is 0.306 e. The molecule has 2 aromatic rings. The lowest BCUT2D eigenvalue weighted by molar-refractivity contribution is -0.142. The van der Waals surface area contributed by atoms with E-state index in [1.807, 2.05) is 23.1 Å². The Bertz CT molecular complexity index is 1360. The van der Waals surface area contributed by atoms with Gasteiger partial charge in [0.05, 0.1) is 40.5 Å². The molecule has 6 rings (SSSR count). The Morgan fingerprint density at radius 2 is 1.85 bits per heavy atom. The van der Waals surface area contributed by atoms with Gasteiger partial charge in [0.1, 0.15) is 0 Å². The van der Waals surface area contributed by atoms with Gasteiger partial charge in [-0.05, 0) is 80.9 Å². The van der Waals surface area contributed by atoms with Gasteiger partial charge in [0.2, 0.25) is 5.91 Å². The molecule has 0 bridgehead atoms. The molecule has 39 heavy (non-hydrogen) atoms. The van der Waals surface area contributed by atoms with E-state index in [1.54, 1.807) is 6.07 Å². The van der Waals surface area contributed by atoms with E-state index in [0.717, 1.165) is 53.8 Å². The van der Waals surface area contributed by atoms with Crippen LogP contribution in [0, 0.1) is 11.8 Å². The Morgan fingerprint density at radius 3 is 2.54 bits per heavy atom. The highest BCUT2D eigenvalue weighted by Crippen LogP contribution is 2.44. The van der Waals surface area contributed by atoms with Crippen molar-refractivity contribution >= 4 is 35.0 Å². The summed E-state index contributed by atoms with van der Waals surface area (Å²) in [5.41, 5.74) is 4.89. The number of fused-ring (bicyclic) bond motifs is 1. The molecule has 2 N–H and O–H groups in total. The maximum Gasteiger partial charge on any atom is 0.306 e. The largest absolute Gasteiger partial charge is 0.481 e. The molecular weight excluding hydrogens is 518 g/mol. The summed E-state index contributed by atoms with van der Waals surface area (Å²) in [6, 6.07) is 5.45. The molecule has 2 fully saturated rings. The zero-order chi connectivity index (χ0) is 27.3. The van der Waals surface area contributed by atoms with Crippen molar-refractivity contribution < 1.29 is 24.6 Å². The highest BCUT2D eigenvalue weighted by molar-refractivity contribution is 6.34. The number of hydrogen-bond donors (Lipinski definition) is 2. The molecule has 2 unspecified atom stereocenters. The lowest BCUT2D eigenvalue weighted by atomic mass is 9.82. The van der Waals surface area contributed by atoms with E-state index in [9.17, 15) is 24.6 Å². The number of aliphatic carboxylic acids is 1. The fourth-order valence-corrected chi connectivity index (χ4v) is 6.94. The minimum absolute atomic E-state index is 0.0355. The minimum atomic E-state index is -0.788. The van der Waals surface area contributed by atoms with E-state index in [4.69, 9.17) is 16.7 Å². The summed E-state index contributed by atoms with van der Waals surface area (Å²) in [4.78, 5) is 41.0. The third-order valence-corrected chi connectivity index (χ3v) is 9.34. The number of carbonyl (C=O) groups is 3. The number of halogens is 1. The van der Waals surface area contributed by atoms with Gasteiger partial charge in [0.15, 0.2) is 0 Å². The van der Waals surface area contributed by atoms with Crippen LogP contribution in [0.25, 0.3) is 5.57 Å². The summed E-state index contributed by atoms with van der Waals surface area (Å²) >= 11 is 6.61. The molecule has 9 heteroatoms. The molecule has 3 aliphatic carbocycles. The number of benzene rings is 1. The van der Waals surface area contributed by atoms with Gasteiger partial charge in [0, 0.05) is 24.4 Å². The third-order valence-electron chi connectivity index (χ3n) is 9.03. The van der Waals surface area contributed by atoms with Crippen LogP contribution < -0.4 is 0 Å². The van der Waals surface area contributed by atoms with Crippen molar-refractivity contribution in [2.45, 2.75) is 76.2 Å². The van der Waals surface area contributed by atoms with Gasteiger partial charge in [-0.3, -0.25) is 14.4 Å². The number of carboxylic acid groups (broad SMARTS) is 1. The van der Waals surface area contributed by atoms with Crippen LogP contribution in [-0.4, -0.2) is 61.9 Å². The highest BCUT2D eigenvalue weighted by Gasteiger charge is 2.39. The van der Waals surface area contributed by atoms with Crippen molar-refractivity contribution in [2.24, 2.45) is 11.8 Å². The van der Waals surface area contributed by atoms with Gasteiger partial charge in [-0.1, -0.05) is 29.8 Å². The number of amides is 1. The molecule has 8 nitrogen and oxygen atoms in total. The van der Waals surface area contributed by atoms with Crippen LogP contribution in [-0.2, 0) is 22.4 Å². The monoisotopic (exact) mass is 551 g/mol. The van der Waals surface area contributed by atoms with Crippen LogP contribution in [0.15, 0.2) is 24.3 Å². The van der Waals surface area contributed by atoms with Gasteiger partial charge < -0.3 is 15.1 Å². The number of aliphatic hydroxyl groups excluding tert-OH is 1. The second kappa shape index (κ2) is 10.5. The Hall–Kier alpha value is -2.97. The summed E-state index contributed by atoms with van der Waals surface area (Å²) in [6.45, 7) is 0.616. The number of aromatic nitrogens is 2. The first-order valence-electron chi connectivity index (χ1n) is 14.1. The molecule has 3 atom stereocenters. The molecule has 0 spiro atoms. The van der Waals surface area contributed by atoms with Gasteiger partial charge in [-0.15, -0.1) is 0 Å². The number of allylic oxidation sites excluding steroid dienone is 2. The number of nitrogens with zero attached hydrogens (tertiary/aromatic N) is 3. The molecule has 1 aromatic carbocycles. The first-order valence-corrected chi connectivity index (χ1v) is 14.5. The van der Waals surface area contributed by atoms with Crippen LogP contribution in [0.1, 0.15) is 90.2 Å². The fraction of sp³-hybridized carbons (Fsp3) is 0.533. The molecule has 1 aliphatic heterocycles. The molecule has 0 radical (unpaired) electrons. The highest BCUT2D eigenvalue weighted by atomic mass is 35.5. The standard InChI is InChI=1S/C30H34ClN3O5/c31-24-5-1-4-22(17-6-7-17)26(24)29(37)34-25-15-20(28(36)33-14-2-3-21(33)16-35)12-13-23(25)27(32-34)18-8-10-19(11-9-18)30(38)39/h1,4-5,8,17,19-21,35H,2-3,6-7,9-16H2,(H,38,39)/t19?,20?,21-/m0/s1. The summed E-state index contributed by atoms with van der Waals surface area (Å²) in [6.07, 6.45) is 8.93. The summed E-state index contributed by atoms with van der Waals surface area (Å²) in [7, 11) is 0. The van der Waals surface area contributed by atoms with Crippen molar-refractivity contribution in [3.63, 3.8) is 0 Å². The Kier molecular flexibility index (Phi) is 7.10. The van der Waals surface area contributed by atoms with Crippen LogP contribution in [0.2, 0.25) is 5.02 Å². The third kappa shape index (κ3) is 4.82. The zero-order valence-electron chi connectivity index (χ0n) is 21.9. The maximum absolute atomic E-state index is 14.2. The second-order valence-electron chi connectivity index (χ2n) is 11.5. The molecule has 1 amide bonds. The Labute approximate surface area is 232 Å². The quantitative estimate of drug-likeness (QED) is 0.548. The second-order valence-corrected chi connectivity index (χ2v) is 11.9. The Morgan fingerprint density at radius 1 is 1.05 bits per heavy atom. The molecule has 206 valence electrons. The number of carbonyl (C=O) groups excluding carboxylic acids is 2. The number of likely N-dealkylation sites (tertiary alicyclic amines) is 1. The van der Waals surface area contributed by atoms with Crippen LogP contribution in [0.5, 0.6) is 0 Å². The van der Waals surface area contributed by atoms with Gasteiger partial charge >= 0.3 is 5.97 Å². The van der Waals surface area contributed by atoms with Crippen LogP contribution in [0.4, 0.5) is 0 Å². The predicted octanol–water partition coefficient (Wildman–Crippen LogP) is 4.46. The van der Waals surface area contributed by atoms with Crippen molar-refractivity contribution in [3.05, 3.63) is 57.4 Å². The van der Waals surface area contributed by atoms with Crippen molar-refractivity contribution in [2.75, 3.05) is 13.2 Å². The fourth-order valence-electron chi connectivity index (χ4n) is 6.68. The van der Waals surface area contributed by atoms with E-state index in [2.05, 4.69) is 0 Å². The van der Waals surface area contributed by atoms with Gasteiger partial charge in [0.25, 0.3) is 5.91 Å². The lowest BCUT2D eigenvalue weighted by Crippen LogP contribution is -2.43. The minimum Gasteiger partial charge on any atom is -0.481 e. The first-order chi connectivity index (χ1) is 18.9. The molecular formula is C30H34ClN3O5. The number of rotatable bonds is 6. The molecule has 1 saturated carbocycles. The van der Waals surface area contributed by atoms with Gasteiger partial charge in [-0.2, -0.15) is 9.78 Å². The summed E-state index contributed by atoms with van der Waals surface area (Å²) in [5.74, 6) is -1.39. The SMILES string of the molecule is O=C(O)C1CC=C(c2nn(C(=O)c3c(Cl)cccc3C3CC3)c3c2CCC(C(=O)N2CCC[C@H]2CO)C3)CC1. The van der Waals surface area contributed by atoms with Crippen molar-refractivity contribution in [3.8, 4) is 0 Å². The zero-order valence-corrected chi connectivity index (χ0v) is 22.7. The normalized spacial score (nSPS) is 24.8. The summed E-state index contributed by atoms with van der Waals surface area (Å²) in [5, 5.41) is 24.5. The average molecular weight is 552 g/mol. The Balaban J connectivity index is 1.39. The van der Waals surface area contributed by atoms with Crippen molar-refractivity contribution in [1.82, 2.24) is 14.7 Å². The number of aliphatic hydroxyl groups is 1. The maximum atomic E-state index is 14.2. The van der Waals surface area contributed by atoms with E-state index in [1.165, 1.54) is 4.68 Å². The lowest BCUT2D eigenvalue weighted by Gasteiger charge is -2.30. The van der Waals surface area contributed by atoms with E-state index >= 15 is 0 Å². The van der Waals surface area contributed by atoms with Gasteiger partial charge in [-0.25, -0.2) is 0 Å². The van der Waals surface area contributed by atoms with E-state index in [0.29, 0.717) is 61.6 Å². The molecule has 2 heterocycles. The van der Waals surface area contributed by atoms with E-state index in [-0.39, 0.29) is 30.4 Å². The predicted molar refractivity (Wildman–Crippen MR) is 146 cm³/mol.